The van der Waals surface area contributed by atoms with Crippen LogP contribution >= 0.6 is 15.9 Å². The summed E-state index contributed by atoms with van der Waals surface area (Å²) in [5, 5.41) is 0. The van der Waals surface area contributed by atoms with Crippen molar-refractivity contribution in [2.45, 2.75) is 61.4 Å². The summed E-state index contributed by atoms with van der Waals surface area (Å²) in [6.07, 6.45) is 0.386. The highest BCUT2D eigenvalue weighted by molar-refractivity contribution is 9.08. The molecule has 0 unspecified atom stereocenters. The Labute approximate surface area is 176 Å². The van der Waals surface area contributed by atoms with Crippen molar-refractivity contribution in [3.8, 4) is 0 Å². The van der Waals surface area contributed by atoms with E-state index in [1.807, 2.05) is 108 Å². The number of benzene rings is 2. The van der Waals surface area contributed by atoms with E-state index in [0.717, 1.165) is 16.8 Å². The molecule has 0 atom stereocenters. The maximum Gasteiger partial charge on any atom is 0.135 e. The third-order valence-corrected chi connectivity index (χ3v) is 2.82. The molecule has 0 heterocycles. The Bertz CT molecular complexity index is 565. The van der Waals surface area contributed by atoms with Crippen molar-refractivity contribution in [1.82, 2.24) is 0 Å². The van der Waals surface area contributed by atoms with Crippen molar-refractivity contribution in [3.05, 3.63) is 71.8 Å². The van der Waals surface area contributed by atoms with Gasteiger partial charge in [-0.3, -0.25) is 9.79 Å². The average Bonchev–Trinajstić information content (AvgIpc) is 2.78. The standard InChI is InChI=1S/C17H17NO.3C2H6.CH3Br/c1-14(19)12-17(16-10-6-3-7-11-16)18-13-15-8-4-2-5-9-15;4*1-2/h2-11H,12-13H2,1H3;3*1-2H3;1H3. The van der Waals surface area contributed by atoms with Crippen LogP contribution in [0.5, 0.6) is 0 Å². The largest absolute Gasteiger partial charge is 0.300 e. The van der Waals surface area contributed by atoms with E-state index in [4.69, 9.17) is 0 Å². The topological polar surface area (TPSA) is 29.4 Å². The smallest absolute Gasteiger partial charge is 0.135 e. The minimum Gasteiger partial charge on any atom is -0.300 e. The van der Waals surface area contributed by atoms with Crippen LogP contribution in [0.25, 0.3) is 0 Å². The van der Waals surface area contributed by atoms with Crippen LogP contribution in [-0.4, -0.2) is 17.3 Å². The Morgan fingerprint density at radius 3 is 1.59 bits per heavy atom. The fraction of sp³-hybridized carbons (Fsp3) is 0.417. The van der Waals surface area contributed by atoms with Crippen molar-refractivity contribution < 1.29 is 4.79 Å². The van der Waals surface area contributed by atoms with Crippen molar-refractivity contribution in [2.24, 2.45) is 4.99 Å². The molecule has 0 aromatic heterocycles. The van der Waals surface area contributed by atoms with Crippen LogP contribution in [0, 0.1) is 0 Å². The zero-order valence-corrected chi connectivity index (χ0v) is 20.0. The minimum absolute atomic E-state index is 0.135. The maximum absolute atomic E-state index is 11.4. The SMILES string of the molecule is CBr.CC.CC.CC.CC(=O)CC(=NCc1ccccc1)c1ccccc1. The lowest BCUT2D eigenvalue weighted by molar-refractivity contribution is -0.115. The van der Waals surface area contributed by atoms with Crippen molar-refractivity contribution in [3.63, 3.8) is 0 Å². The fourth-order valence-corrected chi connectivity index (χ4v) is 1.89. The fourth-order valence-electron chi connectivity index (χ4n) is 1.89. The summed E-state index contributed by atoms with van der Waals surface area (Å²) >= 11 is 2.94. The van der Waals surface area contributed by atoms with Gasteiger partial charge in [0.1, 0.15) is 5.78 Å². The zero-order chi connectivity index (χ0) is 21.5. The number of hydrogen-bond donors (Lipinski definition) is 0. The molecule has 0 saturated heterocycles. The Morgan fingerprint density at radius 1 is 0.778 bits per heavy atom. The highest BCUT2D eigenvalue weighted by Crippen LogP contribution is 2.08. The second-order valence-electron chi connectivity index (χ2n) is 4.49. The number of alkyl halides is 1. The van der Waals surface area contributed by atoms with E-state index in [2.05, 4.69) is 20.9 Å². The normalized spacial score (nSPS) is 8.85. The lowest BCUT2D eigenvalue weighted by Crippen LogP contribution is -2.07. The van der Waals surface area contributed by atoms with Gasteiger partial charge < -0.3 is 0 Å². The molecule has 0 saturated carbocycles. The van der Waals surface area contributed by atoms with Gasteiger partial charge in [0.05, 0.1) is 6.54 Å². The summed E-state index contributed by atoms with van der Waals surface area (Å²) in [6.45, 7) is 14.2. The summed E-state index contributed by atoms with van der Waals surface area (Å²) in [7, 11) is 0. The molecule has 2 nitrogen and oxygen atoms in total. The first kappa shape index (κ1) is 30.0. The van der Waals surface area contributed by atoms with Gasteiger partial charge in [-0.2, -0.15) is 0 Å². The molecule has 3 heteroatoms. The quantitative estimate of drug-likeness (QED) is 0.348. The first-order valence-electron chi connectivity index (χ1n) is 9.75. The molecule has 2 aromatic carbocycles. The number of ketones is 1. The summed E-state index contributed by atoms with van der Waals surface area (Å²) in [6, 6.07) is 19.9. The number of carbonyl (C=O) groups is 1. The molecule has 0 aliphatic rings. The lowest BCUT2D eigenvalue weighted by Gasteiger charge is -2.05. The first-order valence-corrected chi connectivity index (χ1v) is 11.3. The van der Waals surface area contributed by atoms with E-state index < -0.39 is 0 Å². The molecule has 0 bridgehead atoms. The third-order valence-electron chi connectivity index (χ3n) is 2.82. The van der Waals surface area contributed by atoms with Crippen LogP contribution in [0.15, 0.2) is 65.7 Å². The van der Waals surface area contributed by atoms with E-state index in [1.54, 1.807) is 6.92 Å². The van der Waals surface area contributed by atoms with Gasteiger partial charge >= 0.3 is 0 Å². The number of aliphatic imine (C=N–C) groups is 1. The number of carbonyl (C=O) groups excluding carboxylic acids is 1. The van der Waals surface area contributed by atoms with Crippen LogP contribution in [0.1, 0.15) is 66.0 Å². The molecule has 0 fully saturated rings. The van der Waals surface area contributed by atoms with Gasteiger partial charge in [0, 0.05) is 12.1 Å². The Balaban J connectivity index is -0.000000638. The van der Waals surface area contributed by atoms with Crippen LogP contribution in [0.2, 0.25) is 0 Å². The van der Waals surface area contributed by atoms with E-state index in [0.29, 0.717) is 13.0 Å². The summed E-state index contributed by atoms with van der Waals surface area (Å²) in [5.74, 6) is 1.95. The van der Waals surface area contributed by atoms with Gasteiger partial charge in [-0.25, -0.2) is 0 Å². The number of Topliss-reactive ketones (excluding diaryl/α,β-unsaturated/α-hetero) is 1. The molecule has 2 aromatic rings. The molecule has 0 spiro atoms. The van der Waals surface area contributed by atoms with E-state index in [-0.39, 0.29) is 5.78 Å². The number of nitrogens with zero attached hydrogens (tertiary/aromatic N) is 1. The second kappa shape index (κ2) is 24.3. The van der Waals surface area contributed by atoms with E-state index >= 15 is 0 Å². The first-order chi connectivity index (χ1) is 13.3. The molecule has 0 radical (unpaired) electrons. The summed E-state index contributed by atoms with van der Waals surface area (Å²) < 4.78 is 0. The molecular formula is C24H38BrNO. The molecule has 0 aliphatic carbocycles. The number of halogens is 1. The Hall–Kier alpha value is -1.74. The van der Waals surface area contributed by atoms with Crippen molar-refractivity contribution >= 4 is 27.4 Å². The molecule has 27 heavy (non-hydrogen) atoms. The average molecular weight is 436 g/mol. The van der Waals surface area contributed by atoms with Crippen LogP contribution in [-0.2, 0) is 11.3 Å². The predicted octanol–water partition coefficient (Wildman–Crippen LogP) is 7.74. The van der Waals surface area contributed by atoms with Crippen LogP contribution in [0.4, 0.5) is 0 Å². The molecule has 0 amide bonds. The zero-order valence-electron chi connectivity index (χ0n) is 18.4. The van der Waals surface area contributed by atoms with Crippen LogP contribution in [0.3, 0.4) is 0 Å². The van der Waals surface area contributed by atoms with E-state index in [9.17, 15) is 4.79 Å². The van der Waals surface area contributed by atoms with E-state index in [1.165, 1.54) is 0 Å². The molecule has 152 valence electrons. The maximum atomic E-state index is 11.4. The minimum atomic E-state index is 0.135. The Morgan fingerprint density at radius 2 is 1.19 bits per heavy atom. The monoisotopic (exact) mass is 435 g/mol. The van der Waals surface area contributed by atoms with Gasteiger partial charge in [0.25, 0.3) is 0 Å². The summed E-state index contributed by atoms with van der Waals surface area (Å²) in [5.41, 5.74) is 3.03. The second-order valence-corrected chi connectivity index (χ2v) is 4.49. The van der Waals surface area contributed by atoms with Gasteiger partial charge in [-0.05, 0) is 23.9 Å². The molecule has 2 rings (SSSR count). The molecular weight excluding hydrogens is 398 g/mol. The van der Waals surface area contributed by atoms with Gasteiger partial charge in [-0.1, -0.05) is 118 Å². The number of hydrogen-bond acceptors (Lipinski definition) is 2. The number of rotatable bonds is 5. The highest BCUT2D eigenvalue weighted by atomic mass is 79.9. The van der Waals surface area contributed by atoms with Crippen molar-refractivity contribution in [1.29, 1.82) is 0 Å². The lowest BCUT2D eigenvalue weighted by atomic mass is 10.1. The van der Waals surface area contributed by atoms with Gasteiger partial charge in [0.15, 0.2) is 0 Å². The predicted molar refractivity (Wildman–Crippen MR) is 127 cm³/mol. The highest BCUT2D eigenvalue weighted by Gasteiger charge is 2.06. The Kier molecular flexibility index (Phi) is 27.0. The summed E-state index contributed by atoms with van der Waals surface area (Å²) in [4.78, 5) is 16.0. The molecule has 0 N–H and O–H groups in total. The third kappa shape index (κ3) is 16.2. The molecule has 0 aliphatic heterocycles. The van der Waals surface area contributed by atoms with Crippen molar-refractivity contribution in [2.75, 3.05) is 5.83 Å². The van der Waals surface area contributed by atoms with Gasteiger partial charge in [-0.15, -0.1) is 0 Å². The van der Waals surface area contributed by atoms with Gasteiger partial charge in [0.2, 0.25) is 0 Å². The van der Waals surface area contributed by atoms with Crippen LogP contribution < -0.4 is 0 Å².